The van der Waals surface area contributed by atoms with Crippen molar-refractivity contribution in [1.29, 1.82) is 0 Å². The molecule has 2 fully saturated rings. The van der Waals surface area contributed by atoms with Crippen molar-refractivity contribution in [2.45, 2.75) is 61.3 Å². The minimum atomic E-state index is -1.03. The highest BCUT2D eigenvalue weighted by Crippen LogP contribution is 2.40. The fraction of sp³-hybridized carbons (Fsp3) is 0.591. The molecule has 1 unspecified atom stereocenters. The summed E-state index contributed by atoms with van der Waals surface area (Å²) in [4.78, 5) is 17.0. The molecule has 2 atom stereocenters. The molecule has 4 heterocycles. The largest absolute Gasteiger partial charge is 0.394 e. The molecule has 2 aliphatic heterocycles. The molecule has 0 amide bonds. The lowest BCUT2D eigenvalue weighted by molar-refractivity contribution is 0.144. The molecule has 0 bridgehead atoms. The van der Waals surface area contributed by atoms with Crippen molar-refractivity contribution in [1.82, 2.24) is 15.0 Å². The van der Waals surface area contributed by atoms with E-state index in [1.165, 1.54) is 0 Å². The smallest absolute Gasteiger partial charge is 0.131 e. The average Bonchev–Trinajstić information content (AvgIpc) is 2.97. The number of rotatable bonds is 5. The fourth-order valence-corrected chi connectivity index (χ4v) is 6.32. The minimum Gasteiger partial charge on any atom is -0.394 e. The fourth-order valence-electron chi connectivity index (χ4n) is 4.87. The van der Waals surface area contributed by atoms with Gasteiger partial charge in [-0.2, -0.15) is 0 Å². The van der Waals surface area contributed by atoms with E-state index in [4.69, 9.17) is 16.6 Å². The summed E-state index contributed by atoms with van der Waals surface area (Å²) in [5.41, 5.74) is 1.55. The van der Waals surface area contributed by atoms with Gasteiger partial charge in [0.15, 0.2) is 0 Å². The monoisotopic (exact) mass is 461 g/mol. The van der Waals surface area contributed by atoms with Crippen LogP contribution in [-0.4, -0.2) is 55.3 Å². The zero-order valence-electron chi connectivity index (χ0n) is 17.5. The molecule has 2 N–H and O–H groups in total. The van der Waals surface area contributed by atoms with E-state index in [0.29, 0.717) is 16.7 Å². The molecule has 0 radical (unpaired) electrons. The Morgan fingerprint density at radius 1 is 1.23 bits per heavy atom. The lowest BCUT2D eigenvalue weighted by atomic mass is 9.77. The van der Waals surface area contributed by atoms with E-state index < -0.39 is 10.8 Å². The first kappa shape index (κ1) is 21.1. The maximum atomic E-state index is 12.7. The van der Waals surface area contributed by atoms with Crippen molar-refractivity contribution in [3.05, 3.63) is 35.0 Å². The molecule has 1 aliphatic carbocycles. The number of aromatic nitrogens is 3. The average molecular weight is 462 g/mol. The second kappa shape index (κ2) is 8.64. The maximum absolute atomic E-state index is 12.7. The number of halogens is 1. The molecular weight excluding hydrogens is 434 g/mol. The van der Waals surface area contributed by atoms with Crippen molar-refractivity contribution in [2.24, 2.45) is 0 Å². The Bertz CT molecular complexity index is 977. The van der Waals surface area contributed by atoms with Crippen LogP contribution in [0, 0.1) is 0 Å². The topological polar surface area (TPSA) is 91.2 Å². The van der Waals surface area contributed by atoms with Gasteiger partial charge in [0.1, 0.15) is 11.6 Å². The van der Waals surface area contributed by atoms with Crippen LogP contribution in [-0.2, 0) is 17.2 Å². The van der Waals surface area contributed by atoms with Crippen molar-refractivity contribution in [3.8, 4) is 0 Å². The predicted octanol–water partition coefficient (Wildman–Crippen LogP) is 3.29. The number of hydrogen-bond acceptors (Lipinski definition) is 7. The molecule has 5 rings (SSSR count). The third-order valence-corrected chi connectivity index (χ3v) is 8.53. The molecule has 1 saturated carbocycles. The highest BCUT2D eigenvalue weighted by molar-refractivity contribution is 7.85. The van der Waals surface area contributed by atoms with Gasteiger partial charge in [-0.05, 0) is 38.5 Å². The molecule has 2 aromatic heterocycles. The summed E-state index contributed by atoms with van der Waals surface area (Å²) in [6.07, 6.45) is 10.1. The number of nitrogens with zero attached hydrogens (tertiary/aromatic N) is 4. The molecule has 9 heteroatoms. The highest BCUT2D eigenvalue weighted by Gasteiger charge is 2.38. The molecule has 0 aromatic carbocycles. The summed E-state index contributed by atoms with van der Waals surface area (Å²) >= 11 is 5.94. The number of anilines is 2. The second-order valence-corrected chi connectivity index (χ2v) is 10.8. The van der Waals surface area contributed by atoms with Gasteiger partial charge in [-0.1, -0.05) is 11.6 Å². The lowest BCUT2D eigenvalue weighted by Crippen LogP contribution is -2.48. The van der Waals surface area contributed by atoms with E-state index in [0.717, 1.165) is 86.0 Å². The van der Waals surface area contributed by atoms with Crippen LogP contribution in [0.3, 0.4) is 0 Å². The second-order valence-electron chi connectivity index (χ2n) is 8.89. The normalized spacial score (nSPS) is 24.9. The summed E-state index contributed by atoms with van der Waals surface area (Å²) in [7, 11) is -1.03. The third-order valence-electron chi connectivity index (χ3n) is 6.85. The summed E-state index contributed by atoms with van der Waals surface area (Å²) in [5.74, 6) is 2.74. The molecule has 7 nitrogen and oxygen atoms in total. The van der Waals surface area contributed by atoms with Crippen molar-refractivity contribution < 1.29 is 9.32 Å². The van der Waals surface area contributed by atoms with Gasteiger partial charge >= 0.3 is 0 Å². The number of aryl methyl sites for hydroxylation is 1. The minimum absolute atomic E-state index is 0.0958. The zero-order valence-corrected chi connectivity index (χ0v) is 19.1. The predicted molar refractivity (Wildman–Crippen MR) is 122 cm³/mol. The molecular formula is C22H28ClN5O2S. The van der Waals surface area contributed by atoms with Gasteiger partial charge in [0, 0.05) is 49.6 Å². The van der Waals surface area contributed by atoms with Crippen molar-refractivity contribution in [2.75, 3.05) is 35.7 Å². The Morgan fingerprint density at radius 3 is 2.74 bits per heavy atom. The Morgan fingerprint density at radius 2 is 2.03 bits per heavy atom. The van der Waals surface area contributed by atoms with Crippen LogP contribution in [0.25, 0.3) is 0 Å². The number of pyridine rings is 1. The van der Waals surface area contributed by atoms with Gasteiger partial charge in [0.05, 0.1) is 44.2 Å². The van der Waals surface area contributed by atoms with E-state index >= 15 is 0 Å². The molecule has 3 aliphatic rings. The number of fused-ring (bicyclic) bond motifs is 1. The van der Waals surface area contributed by atoms with Crippen LogP contribution < -0.4 is 10.2 Å². The summed E-state index contributed by atoms with van der Waals surface area (Å²) < 4.78 is 12.7. The standard InChI is InChI=1S/C22H28ClN5O2S/c23-16-12-24-21(25-13-16)15-3-1-8-28(9-4-15)19-11-18(27-22(14-29)6-2-7-22)20-17(26-19)5-10-31(20)30/h11-13,15,29H,1-10,14H2,(H,26,27)/t15?,31-/m1/s1. The molecule has 2 aromatic rings. The van der Waals surface area contributed by atoms with E-state index in [1.54, 1.807) is 12.4 Å². The first-order valence-corrected chi connectivity index (χ1v) is 12.8. The van der Waals surface area contributed by atoms with Gasteiger partial charge in [0.2, 0.25) is 0 Å². The van der Waals surface area contributed by atoms with E-state index in [-0.39, 0.29) is 12.1 Å². The summed E-state index contributed by atoms with van der Waals surface area (Å²) in [5, 5.41) is 14.1. The van der Waals surface area contributed by atoms with Gasteiger partial charge in [-0.15, -0.1) is 0 Å². The van der Waals surface area contributed by atoms with Gasteiger partial charge in [-0.3, -0.25) is 4.21 Å². The lowest BCUT2D eigenvalue weighted by Gasteiger charge is -2.42. The van der Waals surface area contributed by atoms with Gasteiger partial charge < -0.3 is 15.3 Å². The van der Waals surface area contributed by atoms with Crippen LogP contribution >= 0.6 is 11.6 Å². The first-order chi connectivity index (χ1) is 15.1. The SMILES string of the molecule is O=[S@@]1CCc2nc(N3CCCC(c4ncc(Cl)cn4)CC3)cc(NC3(CO)CCC3)c21. The number of hydrogen-bond donors (Lipinski definition) is 2. The Labute approximate surface area is 190 Å². The van der Waals surface area contributed by atoms with Crippen LogP contribution in [0.1, 0.15) is 56.0 Å². The van der Waals surface area contributed by atoms with Crippen LogP contribution in [0.15, 0.2) is 23.4 Å². The van der Waals surface area contributed by atoms with Crippen molar-refractivity contribution in [3.63, 3.8) is 0 Å². The Hall–Kier alpha value is -1.77. The molecule has 166 valence electrons. The Kier molecular flexibility index (Phi) is 5.88. The summed E-state index contributed by atoms with van der Waals surface area (Å²) in [6, 6.07) is 2.05. The first-order valence-electron chi connectivity index (χ1n) is 11.1. The van der Waals surface area contributed by atoms with Crippen LogP contribution in [0.2, 0.25) is 5.02 Å². The Balaban J connectivity index is 1.39. The van der Waals surface area contributed by atoms with Crippen molar-refractivity contribution >= 4 is 33.9 Å². The van der Waals surface area contributed by atoms with E-state index in [1.807, 2.05) is 0 Å². The molecule has 31 heavy (non-hydrogen) atoms. The van der Waals surface area contributed by atoms with Gasteiger partial charge in [-0.25, -0.2) is 15.0 Å². The number of nitrogens with one attached hydrogen (secondary N) is 1. The third kappa shape index (κ3) is 4.17. The van der Waals surface area contributed by atoms with E-state index in [2.05, 4.69) is 26.3 Å². The number of aliphatic hydroxyl groups is 1. The highest BCUT2D eigenvalue weighted by atomic mass is 35.5. The van der Waals surface area contributed by atoms with Crippen LogP contribution in [0.5, 0.6) is 0 Å². The van der Waals surface area contributed by atoms with Gasteiger partial charge in [0.25, 0.3) is 0 Å². The summed E-state index contributed by atoms with van der Waals surface area (Å²) in [6.45, 7) is 1.89. The number of aliphatic hydroxyl groups excluding tert-OH is 1. The molecule has 1 saturated heterocycles. The van der Waals surface area contributed by atoms with E-state index in [9.17, 15) is 9.32 Å². The quantitative estimate of drug-likeness (QED) is 0.705. The molecule has 0 spiro atoms. The zero-order chi connectivity index (χ0) is 21.4. The van der Waals surface area contributed by atoms with Crippen LogP contribution in [0.4, 0.5) is 11.5 Å². The maximum Gasteiger partial charge on any atom is 0.131 e.